The first kappa shape index (κ1) is 10.9. The molecule has 1 rings (SSSR count). The molecule has 0 aliphatic rings. The fraction of sp³-hybridized carbons (Fsp3) is 0.100. The standard InChI is InChI=1S/C10H9NO4/c1-15-10(14)9(13)6-8(12)7-4-2-3-5-11-7/h2-6,12H,1H3/b8-6-. The van der Waals surface area contributed by atoms with Crippen molar-refractivity contribution in [3.63, 3.8) is 0 Å². The van der Waals surface area contributed by atoms with Gasteiger partial charge in [-0.3, -0.25) is 9.78 Å². The second-order valence-electron chi connectivity index (χ2n) is 2.60. The summed E-state index contributed by atoms with van der Waals surface area (Å²) in [6, 6.07) is 4.82. The number of carbonyl (C=O) groups is 2. The number of hydrogen-bond donors (Lipinski definition) is 1. The van der Waals surface area contributed by atoms with Crippen molar-refractivity contribution in [1.82, 2.24) is 4.98 Å². The summed E-state index contributed by atoms with van der Waals surface area (Å²) >= 11 is 0. The zero-order chi connectivity index (χ0) is 11.3. The van der Waals surface area contributed by atoms with Crippen molar-refractivity contribution in [2.24, 2.45) is 0 Å². The van der Waals surface area contributed by atoms with Crippen LogP contribution in [0.5, 0.6) is 0 Å². The largest absolute Gasteiger partial charge is 0.506 e. The third-order valence-corrected chi connectivity index (χ3v) is 1.58. The van der Waals surface area contributed by atoms with Gasteiger partial charge in [-0.25, -0.2) is 4.79 Å². The van der Waals surface area contributed by atoms with Crippen LogP contribution in [0.15, 0.2) is 30.5 Å². The molecule has 1 heterocycles. The molecule has 0 radical (unpaired) electrons. The Balaban J connectivity index is 2.86. The summed E-state index contributed by atoms with van der Waals surface area (Å²) in [4.78, 5) is 25.5. The van der Waals surface area contributed by atoms with Crippen molar-refractivity contribution < 1.29 is 19.4 Å². The number of rotatable bonds is 3. The Morgan fingerprint density at radius 2 is 2.20 bits per heavy atom. The minimum Gasteiger partial charge on any atom is -0.506 e. The molecular formula is C10H9NO4. The Morgan fingerprint density at radius 1 is 1.47 bits per heavy atom. The van der Waals surface area contributed by atoms with Gasteiger partial charge in [-0.15, -0.1) is 0 Å². The lowest BCUT2D eigenvalue weighted by Crippen LogP contribution is -2.13. The van der Waals surface area contributed by atoms with E-state index in [4.69, 9.17) is 0 Å². The number of aromatic nitrogens is 1. The van der Waals surface area contributed by atoms with Gasteiger partial charge in [0, 0.05) is 12.3 Å². The Morgan fingerprint density at radius 3 is 2.73 bits per heavy atom. The zero-order valence-electron chi connectivity index (χ0n) is 8.01. The smallest absolute Gasteiger partial charge is 0.378 e. The normalized spacial score (nSPS) is 10.9. The summed E-state index contributed by atoms with van der Waals surface area (Å²) in [6.45, 7) is 0. The third kappa shape index (κ3) is 2.91. The van der Waals surface area contributed by atoms with Crippen molar-refractivity contribution in [2.45, 2.75) is 0 Å². The van der Waals surface area contributed by atoms with Gasteiger partial charge in [-0.2, -0.15) is 0 Å². The molecule has 0 atom stereocenters. The van der Waals surface area contributed by atoms with Gasteiger partial charge in [-0.1, -0.05) is 6.07 Å². The van der Waals surface area contributed by atoms with E-state index in [2.05, 4.69) is 9.72 Å². The molecule has 0 saturated heterocycles. The van der Waals surface area contributed by atoms with Gasteiger partial charge in [0.25, 0.3) is 5.78 Å². The van der Waals surface area contributed by atoms with E-state index >= 15 is 0 Å². The first-order valence-corrected chi connectivity index (χ1v) is 4.09. The van der Waals surface area contributed by atoms with Crippen LogP contribution in [0.3, 0.4) is 0 Å². The summed E-state index contributed by atoms with van der Waals surface area (Å²) in [6.07, 6.45) is 2.23. The van der Waals surface area contributed by atoms with Gasteiger partial charge >= 0.3 is 5.97 Å². The highest BCUT2D eigenvalue weighted by atomic mass is 16.5. The van der Waals surface area contributed by atoms with E-state index in [1.807, 2.05) is 0 Å². The van der Waals surface area contributed by atoms with Crippen LogP contribution in [0.25, 0.3) is 5.76 Å². The van der Waals surface area contributed by atoms with Gasteiger partial charge in [0.05, 0.1) is 7.11 Å². The van der Waals surface area contributed by atoms with Crippen LogP contribution in [0.1, 0.15) is 5.69 Å². The molecule has 0 aromatic carbocycles. The van der Waals surface area contributed by atoms with Crippen LogP contribution in [-0.4, -0.2) is 29.0 Å². The molecular weight excluding hydrogens is 198 g/mol. The first-order chi connectivity index (χ1) is 7.15. The average molecular weight is 207 g/mol. The van der Waals surface area contributed by atoms with Crippen LogP contribution in [-0.2, 0) is 14.3 Å². The van der Waals surface area contributed by atoms with E-state index in [-0.39, 0.29) is 11.5 Å². The molecule has 0 aliphatic carbocycles. The van der Waals surface area contributed by atoms with Gasteiger partial charge in [0.15, 0.2) is 0 Å². The Kier molecular flexibility index (Phi) is 3.56. The highest BCUT2D eigenvalue weighted by molar-refractivity contribution is 6.39. The van der Waals surface area contributed by atoms with Crippen molar-refractivity contribution in [3.8, 4) is 0 Å². The first-order valence-electron chi connectivity index (χ1n) is 4.09. The molecule has 1 aromatic rings. The molecule has 0 unspecified atom stereocenters. The van der Waals surface area contributed by atoms with Crippen LogP contribution in [0.2, 0.25) is 0 Å². The maximum atomic E-state index is 11.0. The van der Waals surface area contributed by atoms with E-state index in [0.29, 0.717) is 0 Å². The number of ketones is 1. The van der Waals surface area contributed by atoms with E-state index in [9.17, 15) is 14.7 Å². The lowest BCUT2D eigenvalue weighted by molar-refractivity contribution is -0.149. The maximum absolute atomic E-state index is 11.0. The van der Waals surface area contributed by atoms with Gasteiger partial charge in [-0.05, 0) is 12.1 Å². The fourth-order valence-corrected chi connectivity index (χ4v) is 0.872. The van der Waals surface area contributed by atoms with Crippen LogP contribution in [0, 0.1) is 0 Å². The SMILES string of the molecule is COC(=O)C(=O)/C=C(\O)c1ccccn1. The maximum Gasteiger partial charge on any atom is 0.378 e. The molecule has 0 bridgehead atoms. The number of ether oxygens (including phenoxy) is 1. The van der Waals surface area contributed by atoms with E-state index in [0.717, 1.165) is 13.2 Å². The number of carbonyl (C=O) groups excluding carboxylic acids is 2. The molecule has 0 aliphatic heterocycles. The zero-order valence-corrected chi connectivity index (χ0v) is 8.01. The highest BCUT2D eigenvalue weighted by Gasteiger charge is 2.12. The molecule has 15 heavy (non-hydrogen) atoms. The molecule has 0 spiro atoms. The molecule has 0 amide bonds. The summed E-state index contributed by atoms with van der Waals surface area (Å²) in [5, 5.41) is 9.41. The monoisotopic (exact) mass is 207 g/mol. The topological polar surface area (TPSA) is 76.5 Å². The predicted molar refractivity (Wildman–Crippen MR) is 51.9 cm³/mol. The molecule has 1 aromatic heterocycles. The molecule has 1 N–H and O–H groups in total. The van der Waals surface area contributed by atoms with E-state index in [1.165, 1.54) is 12.3 Å². The second-order valence-corrected chi connectivity index (χ2v) is 2.60. The predicted octanol–water partition coefficient (Wildman–Crippen LogP) is 0.723. The number of nitrogens with zero attached hydrogens (tertiary/aromatic N) is 1. The number of esters is 1. The summed E-state index contributed by atoms with van der Waals surface area (Å²) in [5.74, 6) is -2.33. The Labute approximate surface area is 86.0 Å². The number of pyridine rings is 1. The number of aliphatic hydroxyl groups excluding tert-OH is 1. The molecule has 5 nitrogen and oxygen atoms in total. The van der Waals surface area contributed by atoms with Crippen LogP contribution >= 0.6 is 0 Å². The third-order valence-electron chi connectivity index (χ3n) is 1.58. The number of methoxy groups -OCH3 is 1. The van der Waals surface area contributed by atoms with Gasteiger partial charge < -0.3 is 9.84 Å². The fourth-order valence-electron chi connectivity index (χ4n) is 0.872. The van der Waals surface area contributed by atoms with E-state index < -0.39 is 11.8 Å². The Hall–Kier alpha value is -2.17. The highest BCUT2D eigenvalue weighted by Crippen LogP contribution is 2.06. The summed E-state index contributed by atoms with van der Waals surface area (Å²) < 4.78 is 4.18. The average Bonchev–Trinajstić information content (AvgIpc) is 2.29. The second kappa shape index (κ2) is 4.90. The van der Waals surface area contributed by atoms with Crippen molar-refractivity contribution >= 4 is 17.5 Å². The van der Waals surface area contributed by atoms with Crippen molar-refractivity contribution in [1.29, 1.82) is 0 Å². The van der Waals surface area contributed by atoms with Crippen LogP contribution in [0.4, 0.5) is 0 Å². The quantitative estimate of drug-likeness (QED) is 0.342. The number of aliphatic hydroxyl groups is 1. The van der Waals surface area contributed by atoms with Crippen molar-refractivity contribution in [3.05, 3.63) is 36.2 Å². The van der Waals surface area contributed by atoms with Gasteiger partial charge in [0.2, 0.25) is 0 Å². The van der Waals surface area contributed by atoms with Crippen LogP contribution < -0.4 is 0 Å². The molecule has 0 fully saturated rings. The Bertz CT molecular complexity index is 397. The van der Waals surface area contributed by atoms with Crippen molar-refractivity contribution in [2.75, 3.05) is 7.11 Å². The minimum absolute atomic E-state index is 0.217. The molecule has 5 heteroatoms. The summed E-state index contributed by atoms with van der Waals surface area (Å²) in [5.41, 5.74) is 0.217. The minimum atomic E-state index is -1.03. The van der Waals surface area contributed by atoms with E-state index in [1.54, 1.807) is 12.1 Å². The molecule has 0 saturated carbocycles. The summed E-state index contributed by atoms with van der Waals surface area (Å²) in [7, 11) is 1.09. The van der Waals surface area contributed by atoms with Gasteiger partial charge in [0.1, 0.15) is 11.5 Å². The lowest BCUT2D eigenvalue weighted by atomic mass is 10.2. The number of hydrogen-bond acceptors (Lipinski definition) is 5. The lowest BCUT2D eigenvalue weighted by Gasteiger charge is -1.97. The molecule has 78 valence electrons.